The van der Waals surface area contributed by atoms with E-state index in [0.29, 0.717) is 0 Å². The van der Waals surface area contributed by atoms with Gasteiger partial charge in [-0.1, -0.05) is 6.07 Å². The number of carbonyl (C=O) groups is 2. The SMILES string of the molecule is O=C(CC(=O)C(F)(F)F)c1ccc(-c2ccc(-c3cccs3)s2)s1. The predicted molar refractivity (Wildman–Crippen MR) is 91.0 cm³/mol. The molecule has 0 aliphatic rings. The molecule has 3 rings (SSSR count). The topological polar surface area (TPSA) is 34.1 Å². The summed E-state index contributed by atoms with van der Waals surface area (Å²) < 4.78 is 36.7. The molecule has 8 heteroatoms. The van der Waals surface area contributed by atoms with Crippen molar-refractivity contribution in [2.45, 2.75) is 12.6 Å². The number of ketones is 2. The Balaban J connectivity index is 1.76. The highest BCUT2D eigenvalue weighted by atomic mass is 32.1. The lowest BCUT2D eigenvalue weighted by atomic mass is 10.2. The minimum atomic E-state index is -4.97. The van der Waals surface area contributed by atoms with Gasteiger partial charge in [-0.2, -0.15) is 13.2 Å². The zero-order chi connectivity index (χ0) is 17.3. The minimum Gasteiger partial charge on any atom is -0.293 e. The van der Waals surface area contributed by atoms with Crippen molar-refractivity contribution in [1.82, 2.24) is 0 Å². The first-order valence-electron chi connectivity index (χ1n) is 6.72. The first-order valence-corrected chi connectivity index (χ1v) is 9.23. The molecular weight excluding hydrogens is 377 g/mol. The Morgan fingerprint density at radius 2 is 1.50 bits per heavy atom. The van der Waals surface area contributed by atoms with Gasteiger partial charge in [-0.3, -0.25) is 9.59 Å². The van der Waals surface area contributed by atoms with Crippen LogP contribution in [0.2, 0.25) is 0 Å². The second-order valence-corrected chi connectivity index (χ2v) is 7.94. The summed E-state index contributed by atoms with van der Waals surface area (Å²) in [6.45, 7) is 0. The highest BCUT2D eigenvalue weighted by Gasteiger charge is 2.39. The molecule has 0 amide bonds. The van der Waals surface area contributed by atoms with E-state index >= 15 is 0 Å². The van der Waals surface area contributed by atoms with Gasteiger partial charge in [0, 0.05) is 19.5 Å². The second-order valence-electron chi connectivity index (χ2n) is 4.83. The standard InChI is InChI=1S/C16H9F3O2S3/c17-16(18,19)15(21)8-9(20)10-3-4-13(23-10)14-6-5-12(24-14)11-2-1-7-22-11/h1-7H,8H2. The Morgan fingerprint density at radius 1 is 0.875 bits per heavy atom. The molecule has 0 unspecified atom stereocenters. The fourth-order valence-corrected chi connectivity index (χ4v) is 4.85. The van der Waals surface area contributed by atoms with Crippen LogP contribution in [0.1, 0.15) is 16.1 Å². The highest BCUT2D eigenvalue weighted by molar-refractivity contribution is 7.26. The van der Waals surface area contributed by atoms with Crippen molar-refractivity contribution in [3.8, 4) is 19.5 Å². The van der Waals surface area contributed by atoms with Crippen LogP contribution in [0.15, 0.2) is 41.8 Å². The number of carbonyl (C=O) groups excluding carboxylic acids is 2. The lowest BCUT2D eigenvalue weighted by Crippen LogP contribution is -2.25. The number of hydrogen-bond acceptors (Lipinski definition) is 5. The molecule has 0 spiro atoms. The first kappa shape index (κ1) is 17.1. The van der Waals surface area contributed by atoms with Crippen molar-refractivity contribution in [1.29, 1.82) is 0 Å². The first-order chi connectivity index (χ1) is 11.3. The number of thiophene rings is 3. The van der Waals surface area contributed by atoms with E-state index in [9.17, 15) is 22.8 Å². The predicted octanol–water partition coefficient (Wildman–Crippen LogP) is 5.91. The summed E-state index contributed by atoms with van der Waals surface area (Å²) in [5.74, 6) is -2.82. The van der Waals surface area contributed by atoms with E-state index in [1.165, 1.54) is 6.07 Å². The average molecular weight is 386 g/mol. The molecule has 0 N–H and O–H groups in total. The maximum absolute atomic E-state index is 12.2. The van der Waals surface area contributed by atoms with E-state index in [0.717, 1.165) is 30.8 Å². The van der Waals surface area contributed by atoms with E-state index in [1.807, 2.05) is 29.6 Å². The molecule has 0 bridgehead atoms. The van der Waals surface area contributed by atoms with Crippen molar-refractivity contribution < 1.29 is 22.8 Å². The maximum Gasteiger partial charge on any atom is 0.450 e. The molecule has 0 saturated heterocycles. The quantitative estimate of drug-likeness (QED) is 0.404. The smallest absolute Gasteiger partial charge is 0.293 e. The van der Waals surface area contributed by atoms with Crippen molar-refractivity contribution in [2.24, 2.45) is 0 Å². The maximum atomic E-state index is 12.2. The van der Waals surface area contributed by atoms with Crippen LogP contribution in [0, 0.1) is 0 Å². The highest BCUT2D eigenvalue weighted by Crippen LogP contribution is 2.39. The summed E-state index contributed by atoms with van der Waals surface area (Å²) in [5, 5.41) is 1.98. The summed E-state index contributed by atoms with van der Waals surface area (Å²) in [4.78, 5) is 26.9. The molecule has 0 atom stereocenters. The molecule has 24 heavy (non-hydrogen) atoms. The normalized spacial score (nSPS) is 11.6. The van der Waals surface area contributed by atoms with E-state index in [-0.39, 0.29) is 4.88 Å². The van der Waals surface area contributed by atoms with E-state index in [2.05, 4.69) is 0 Å². The van der Waals surface area contributed by atoms with E-state index in [4.69, 9.17) is 0 Å². The van der Waals surface area contributed by atoms with Gasteiger partial charge in [0.15, 0.2) is 5.78 Å². The van der Waals surface area contributed by atoms with Crippen LogP contribution >= 0.6 is 34.0 Å². The molecule has 3 heterocycles. The third-order valence-electron chi connectivity index (χ3n) is 3.13. The Morgan fingerprint density at radius 3 is 2.12 bits per heavy atom. The lowest BCUT2D eigenvalue weighted by molar-refractivity contribution is -0.170. The van der Waals surface area contributed by atoms with Crippen LogP contribution < -0.4 is 0 Å². The van der Waals surface area contributed by atoms with Crippen molar-refractivity contribution in [3.63, 3.8) is 0 Å². The summed E-state index contributed by atoms with van der Waals surface area (Å²) in [6, 6.07) is 11.0. The van der Waals surface area contributed by atoms with Crippen molar-refractivity contribution in [3.05, 3.63) is 46.7 Å². The Bertz CT molecular complexity index is 873. The lowest BCUT2D eigenvalue weighted by Gasteiger charge is -2.02. The van der Waals surface area contributed by atoms with Crippen molar-refractivity contribution >= 4 is 45.6 Å². The third kappa shape index (κ3) is 3.66. The zero-order valence-electron chi connectivity index (χ0n) is 11.9. The van der Waals surface area contributed by atoms with Crippen LogP contribution in [-0.4, -0.2) is 17.7 Å². The number of Topliss-reactive ketones (excluding diaryl/α,β-unsaturated/α-hetero) is 2. The molecular formula is C16H9F3O2S3. The summed E-state index contributed by atoms with van der Waals surface area (Å²) >= 11 is 4.27. The van der Waals surface area contributed by atoms with E-state index < -0.39 is 24.2 Å². The van der Waals surface area contributed by atoms with Crippen LogP contribution in [0.4, 0.5) is 13.2 Å². The van der Waals surface area contributed by atoms with Gasteiger partial charge in [0.05, 0.1) is 11.3 Å². The molecule has 3 aromatic heterocycles. The van der Waals surface area contributed by atoms with Crippen LogP contribution in [-0.2, 0) is 4.79 Å². The fourth-order valence-electron chi connectivity index (χ4n) is 1.97. The molecule has 2 nitrogen and oxygen atoms in total. The Kier molecular flexibility index (Phi) is 4.71. The van der Waals surface area contributed by atoms with Crippen LogP contribution in [0.3, 0.4) is 0 Å². The molecule has 0 saturated carbocycles. The number of rotatable bonds is 5. The van der Waals surface area contributed by atoms with Gasteiger partial charge in [-0.05, 0) is 35.7 Å². The van der Waals surface area contributed by atoms with Gasteiger partial charge in [-0.15, -0.1) is 34.0 Å². The van der Waals surface area contributed by atoms with Gasteiger partial charge in [0.1, 0.15) is 0 Å². The largest absolute Gasteiger partial charge is 0.450 e. The van der Waals surface area contributed by atoms with Gasteiger partial charge in [-0.25, -0.2) is 0 Å². The fraction of sp³-hybridized carbons (Fsp3) is 0.125. The van der Waals surface area contributed by atoms with Gasteiger partial charge >= 0.3 is 6.18 Å². The van der Waals surface area contributed by atoms with Crippen molar-refractivity contribution in [2.75, 3.05) is 0 Å². The molecule has 0 radical (unpaired) electrons. The van der Waals surface area contributed by atoms with Crippen LogP contribution in [0.25, 0.3) is 19.5 Å². The molecule has 0 aromatic carbocycles. The van der Waals surface area contributed by atoms with Gasteiger partial charge in [0.2, 0.25) is 5.78 Å². The Hall–Kier alpha value is -1.77. The third-order valence-corrected chi connectivity index (χ3v) is 6.60. The Labute approximate surface area is 147 Å². The summed E-state index contributed by atoms with van der Waals surface area (Å²) in [7, 11) is 0. The van der Waals surface area contributed by atoms with Gasteiger partial charge in [0.25, 0.3) is 0 Å². The number of halogens is 3. The number of alkyl halides is 3. The molecule has 0 fully saturated rings. The second kappa shape index (κ2) is 6.62. The number of hydrogen-bond donors (Lipinski definition) is 0. The van der Waals surface area contributed by atoms with Gasteiger partial charge < -0.3 is 0 Å². The molecule has 0 aliphatic carbocycles. The summed E-state index contributed by atoms with van der Waals surface area (Å²) in [5.41, 5.74) is 0. The summed E-state index contributed by atoms with van der Waals surface area (Å²) in [6.07, 6.45) is -6.12. The molecule has 124 valence electrons. The average Bonchev–Trinajstić information content (AvgIpc) is 3.25. The van der Waals surface area contributed by atoms with E-state index in [1.54, 1.807) is 28.7 Å². The van der Waals surface area contributed by atoms with Crippen LogP contribution in [0.5, 0.6) is 0 Å². The monoisotopic (exact) mass is 386 g/mol. The minimum absolute atomic E-state index is 0.161. The molecule has 3 aromatic rings. The molecule has 0 aliphatic heterocycles. The zero-order valence-corrected chi connectivity index (χ0v) is 14.4.